The van der Waals surface area contributed by atoms with E-state index in [1.165, 1.54) is 11.3 Å². The Labute approximate surface area is 121 Å². The van der Waals surface area contributed by atoms with Gasteiger partial charge in [-0.15, -0.1) is 11.3 Å². The molecular formula is C13H17N5OS. The number of thiazole rings is 1. The van der Waals surface area contributed by atoms with E-state index in [1.807, 2.05) is 19.2 Å². The predicted molar refractivity (Wildman–Crippen MR) is 78.7 cm³/mol. The van der Waals surface area contributed by atoms with Crippen LogP contribution in [0.4, 0.5) is 5.13 Å². The number of nitrogen functional groups attached to an aromatic ring is 1. The minimum absolute atomic E-state index is 0.195. The summed E-state index contributed by atoms with van der Waals surface area (Å²) < 4.78 is 0. The molecule has 0 aliphatic rings. The van der Waals surface area contributed by atoms with Crippen molar-refractivity contribution in [3.05, 3.63) is 34.9 Å². The smallest absolute Gasteiger partial charge is 0.270 e. The van der Waals surface area contributed by atoms with Crippen molar-refractivity contribution in [2.24, 2.45) is 0 Å². The fourth-order valence-electron chi connectivity index (χ4n) is 1.61. The summed E-state index contributed by atoms with van der Waals surface area (Å²) in [6.45, 7) is 4.48. The van der Waals surface area contributed by atoms with Gasteiger partial charge in [0, 0.05) is 30.5 Å². The number of aromatic nitrogens is 3. The summed E-state index contributed by atoms with van der Waals surface area (Å²) >= 11 is 1.40. The summed E-state index contributed by atoms with van der Waals surface area (Å²) in [4.78, 5) is 24.5. The number of amides is 1. The van der Waals surface area contributed by atoms with Crippen LogP contribution in [0.1, 0.15) is 41.8 Å². The molecule has 6 nitrogen and oxygen atoms in total. The second-order valence-electron chi connectivity index (χ2n) is 4.64. The fraction of sp³-hybridized carbons (Fsp3) is 0.385. The summed E-state index contributed by atoms with van der Waals surface area (Å²) in [6, 6.07) is 1.61. The standard InChI is InChI=1S/C13H17N5OS/c1-8(2)11-15-6-4-10(18-11)12(19)16-5-3-9-7-20-13(14)17-9/h4,6-8H,3,5H2,1-2H3,(H2,14,17)(H,16,19). The van der Waals surface area contributed by atoms with Crippen LogP contribution in [-0.4, -0.2) is 27.4 Å². The van der Waals surface area contributed by atoms with Gasteiger partial charge in [0.1, 0.15) is 11.5 Å². The number of nitrogens with two attached hydrogens (primary N) is 1. The quantitative estimate of drug-likeness (QED) is 0.873. The van der Waals surface area contributed by atoms with Crippen molar-refractivity contribution in [1.29, 1.82) is 0 Å². The maximum absolute atomic E-state index is 12.0. The highest BCUT2D eigenvalue weighted by Crippen LogP contribution is 2.11. The molecule has 20 heavy (non-hydrogen) atoms. The zero-order valence-corrected chi connectivity index (χ0v) is 12.3. The van der Waals surface area contributed by atoms with Crippen molar-refractivity contribution >= 4 is 22.4 Å². The van der Waals surface area contributed by atoms with E-state index in [1.54, 1.807) is 12.3 Å². The Kier molecular flexibility index (Phi) is 4.62. The van der Waals surface area contributed by atoms with Gasteiger partial charge in [0.2, 0.25) is 0 Å². The van der Waals surface area contributed by atoms with Crippen molar-refractivity contribution in [3.8, 4) is 0 Å². The van der Waals surface area contributed by atoms with Crippen molar-refractivity contribution in [1.82, 2.24) is 20.3 Å². The van der Waals surface area contributed by atoms with Crippen molar-refractivity contribution in [2.75, 3.05) is 12.3 Å². The van der Waals surface area contributed by atoms with Crippen LogP contribution in [0.5, 0.6) is 0 Å². The number of hydrogen-bond acceptors (Lipinski definition) is 6. The van der Waals surface area contributed by atoms with Crippen LogP contribution in [0.3, 0.4) is 0 Å². The van der Waals surface area contributed by atoms with Gasteiger partial charge in [-0.1, -0.05) is 13.8 Å². The number of rotatable bonds is 5. The summed E-state index contributed by atoms with van der Waals surface area (Å²) in [5, 5.41) is 5.25. The number of nitrogens with zero attached hydrogens (tertiary/aromatic N) is 3. The molecule has 0 saturated heterocycles. The Balaban J connectivity index is 1.90. The molecule has 7 heteroatoms. The number of carbonyl (C=O) groups is 1. The lowest BCUT2D eigenvalue weighted by Crippen LogP contribution is -2.27. The lowest BCUT2D eigenvalue weighted by molar-refractivity contribution is 0.0948. The van der Waals surface area contributed by atoms with Crippen LogP contribution in [-0.2, 0) is 6.42 Å². The third kappa shape index (κ3) is 3.74. The van der Waals surface area contributed by atoms with Crippen LogP contribution in [0.25, 0.3) is 0 Å². The molecule has 2 aromatic heterocycles. The Morgan fingerprint density at radius 3 is 2.90 bits per heavy atom. The first-order valence-corrected chi connectivity index (χ1v) is 7.25. The molecule has 2 heterocycles. The van der Waals surface area contributed by atoms with Crippen molar-refractivity contribution in [3.63, 3.8) is 0 Å². The van der Waals surface area contributed by atoms with Gasteiger partial charge in [0.15, 0.2) is 5.13 Å². The predicted octanol–water partition coefficient (Wildman–Crippen LogP) is 1.61. The van der Waals surface area contributed by atoms with Crippen molar-refractivity contribution in [2.45, 2.75) is 26.2 Å². The zero-order valence-electron chi connectivity index (χ0n) is 11.5. The maximum Gasteiger partial charge on any atom is 0.270 e. The second kappa shape index (κ2) is 6.42. The monoisotopic (exact) mass is 291 g/mol. The largest absolute Gasteiger partial charge is 0.375 e. The van der Waals surface area contributed by atoms with E-state index in [0.717, 1.165) is 5.69 Å². The average Bonchev–Trinajstić information content (AvgIpc) is 2.84. The average molecular weight is 291 g/mol. The fourth-order valence-corrected chi connectivity index (χ4v) is 2.21. The van der Waals surface area contributed by atoms with Crippen molar-refractivity contribution < 1.29 is 4.79 Å². The van der Waals surface area contributed by atoms with E-state index in [4.69, 9.17) is 5.73 Å². The summed E-state index contributed by atoms with van der Waals surface area (Å²) in [7, 11) is 0. The topological polar surface area (TPSA) is 93.8 Å². The highest BCUT2D eigenvalue weighted by molar-refractivity contribution is 7.13. The van der Waals surface area contributed by atoms with E-state index < -0.39 is 0 Å². The normalized spacial score (nSPS) is 10.8. The van der Waals surface area contributed by atoms with Gasteiger partial charge in [-0.25, -0.2) is 15.0 Å². The van der Waals surface area contributed by atoms with E-state index in [2.05, 4.69) is 20.3 Å². The van der Waals surface area contributed by atoms with Crippen LogP contribution < -0.4 is 11.1 Å². The highest BCUT2D eigenvalue weighted by Gasteiger charge is 2.10. The second-order valence-corrected chi connectivity index (χ2v) is 5.53. The number of nitrogens with one attached hydrogen (secondary N) is 1. The number of carbonyl (C=O) groups excluding carboxylic acids is 1. The molecule has 0 spiro atoms. The van der Waals surface area contributed by atoms with Gasteiger partial charge in [-0.2, -0.15) is 0 Å². The minimum Gasteiger partial charge on any atom is -0.375 e. The first-order valence-electron chi connectivity index (χ1n) is 6.37. The summed E-state index contributed by atoms with van der Waals surface area (Å²) in [5.41, 5.74) is 6.83. The van der Waals surface area contributed by atoms with Crippen LogP contribution >= 0.6 is 11.3 Å². The molecule has 0 radical (unpaired) electrons. The van der Waals surface area contributed by atoms with E-state index >= 15 is 0 Å². The summed E-state index contributed by atoms with van der Waals surface area (Å²) in [5.74, 6) is 0.670. The van der Waals surface area contributed by atoms with Gasteiger partial charge >= 0.3 is 0 Å². The zero-order chi connectivity index (χ0) is 14.5. The Hall–Kier alpha value is -2.02. The van der Waals surface area contributed by atoms with Crippen LogP contribution in [0, 0.1) is 0 Å². The Morgan fingerprint density at radius 1 is 1.45 bits per heavy atom. The molecule has 2 aromatic rings. The number of hydrogen-bond donors (Lipinski definition) is 2. The maximum atomic E-state index is 12.0. The molecule has 0 aliphatic heterocycles. The van der Waals surface area contributed by atoms with Gasteiger partial charge in [0.25, 0.3) is 5.91 Å². The van der Waals surface area contributed by atoms with E-state index in [-0.39, 0.29) is 11.8 Å². The number of anilines is 1. The first kappa shape index (κ1) is 14.4. The molecule has 106 valence electrons. The summed E-state index contributed by atoms with van der Waals surface area (Å²) in [6.07, 6.45) is 2.26. The highest BCUT2D eigenvalue weighted by atomic mass is 32.1. The molecule has 1 amide bonds. The molecule has 0 saturated carbocycles. The molecule has 0 bridgehead atoms. The molecule has 0 aliphatic carbocycles. The molecule has 2 rings (SSSR count). The third-order valence-corrected chi connectivity index (χ3v) is 3.38. The van der Waals surface area contributed by atoms with Crippen LogP contribution in [0.15, 0.2) is 17.6 Å². The Morgan fingerprint density at radius 2 is 2.25 bits per heavy atom. The Bertz CT molecular complexity index is 596. The molecule has 0 fully saturated rings. The van der Waals surface area contributed by atoms with E-state index in [0.29, 0.717) is 29.6 Å². The van der Waals surface area contributed by atoms with Gasteiger partial charge in [0.05, 0.1) is 5.69 Å². The van der Waals surface area contributed by atoms with Gasteiger partial charge < -0.3 is 11.1 Å². The molecular weight excluding hydrogens is 274 g/mol. The molecule has 3 N–H and O–H groups in total. The third-order valence-electron chi connectivity index (χ3n) is 2.66. The minimum atomic E-state index is -0.197. The SMILES string of the molecule is CC(C)c1nccc(C(=O)NCCc2csc(N)n2)n1. The van der Waals surface area contributed by atoms with Crippen LogP contribution in [0.2, 0.25) is 0 Å². The lowest BCUT2D eigenvalue weighted by Gasteiger charge is -2.06. The molecule has 0 unspecified atom stereocenters. The molecule has 0 atom stereocenters. The lowest BCUT2D eigenvalue weighted by atomic mass is 10.2. The van der Waals surface area contributed by atoms with E-state index in [9.17, 15) is 4.79 Å². The molecule has 0 aromatic carbocycles. The first-order chi connectivity index (χ1) is 9.56. The van der Waals surface area contributed by atoms with Gasteiger partial charge in [-0.05, 0) is 6.07 Å². The van der Waals surface area contributed by atoms with Gasteiger partial charge in [-0.3, -0.25) is 4.79 Å².